The van der Waals surface area contributed by atoms with E-state index in [2.05, 4.69) is 93.6 Å². The van der Waals surface area contributed by atoms with Gasteiger partial charge >= 0.3 is 0 Å². The maximum absolute atomic E-state index is 2.38. The highest BCUT2D eigenvalue weighted by atomic mass is 14.3. The first-order valence-corrected chi connectivity index (χ1v) is 11.9. The minimum absolute atomic E-state index is 0.661. The van der Waals surface area contributed by atoms with E-state index in [1.54, 1.807) is 5.57 Å². The lowest BCUT2D eigenvalue weighted by atomic mass is 9.97. The highest BCUT2D eigenvalue weighted by Gasteiger charge is 2.25. The Morgan fingerprint density at radius 3 is 2.10 bits per heavy atom. The molecule has 156 valence electrons. The van der Waals surface area contributed by atoms with Crippen molar-refractivity contribution in [3.8, 4) is 0 Å². The molecule has 6 rings (SSSR count). The Kier molecular flexibility index (Phi) is 6.72. The molecule has 30 heavy (non-hydrogen) atoms. The molecule has 0 amide bonds. The van der Waals surface area contributed by atoms with E-state index in [-0.39, 0.29) is 0 Å². The summed E-state index contributed by atoms with van der Waals surface area (Å²) in [4.78, 5) is 0. The fourth-order valence-corrected chi connectivity index (χ4v) is 5.15. The van der Waals surface area contributed by atoms with Gasteiger partial charge in [-0.2, -0.15) is 0 Å². The molecular formula is C30H36. The lowest BCUT2D eigenvalue weighted by Gasteiger charge is -2.08. The third-order valence-electron chi connectivity index (χ3n) is 6.95. The largest absolute Gasteiger partial charge is 0.0851 e. The van der Waals surface area contributed by atoms with Crippen molar-refractivity contribution >= 4 is 11.6 Å². The fourth-order valence-electron chi connectivity index (χ4n) is 5.15. The fraction of sp³-hybridized carbons (Fsp3) is 0.400. The summed E-state index contributed by atoms with van der Waals surface area (Å²) < 4.78 is 0. The van der Waals surface area contributed by atoms with Crippen LogP contribution in [0.2, 0.25) is 0 Å². The van der Waals surface area contributed by atoms with Gasteiger partial charge in [0.2, 0.25) is 0 Å². The SMILES string of the molecule is C1=CC2CCC1C2.CC(C)C1=CCc2ccccc21.CCC1=Cc2ccccc2C1. The molecule has 0 saturated heterocycles. The van der Waals surface area contributed by atoms with Crippen LogP contribution in [-0.2, 0) is 12.8 Å². The van der Waals surface area contributed by atoms with Gasteiger partial charge in [0.05, 0.1) is 0 Å². The predicted molar refractivity (Wildman–Crippen MR) is 131 cm³/mol. The molecular weight excluding hydrogens is 360 g/mol. The van der Waals surface area contributed by atoms with Crippen molar-refractivity contribution in [2.75, 3.05) is 0 Å². The highest BCUT2D eigenvalue weighted by Crippen LogP contribution is 2.38. The third kappa shape index (κ3) is 4.86. The Morgan fingerprint density at radius 1 is 0.867 bits per heavy atom. The second-order valence-corrected chi connectivity index (χ2v) is 9.43. The zero-order valence-corrected chi connectivity index (χ0v) is 18.9. The third-order valence-corrected chi connectivity index (χ3v) is 6.95. The molecule has 4 aliphatic rings. The quantitative estimate of drug-likeness (QED) is 0.448. The monoisotopic (exact) mass is 396 g/mol. The molecule has 0 radical (unpaired) electrons. The molecule has 1 saturated carbocycles. The van der Waals surface area contributed by atoms with Crippen molar-refractivity contribution in [2.45, 2.75) is 59.3 Å². The van der Waals surface area contributed by atoms with Crippen LogP contribution in [0.15, 0.2) is 72.3 Å². The number of benzene rings is 2. The van der Waals surface area contributed by atoms with Gasteiger partial charge in [-0.25, -0.2) is 0 Å². The maximum Gasteiger partial charge on any atom is -0.00579 e. The zero-order chi connectivity index (χ0) is 20.9. The van der Waals surface area contributed by atoms with E-state index < -0.39 is 0 Å². The first kappa shape index (κ1) is 20.9. The summed E-state index contributed by atoms with van der Waals surface area (Å²) in [5.74, 6) is 2.64. The minimum Gasteiger partial charge on any atom is -0.0851 e. The molecule has 0 spiro atoms. The number of hydrogen-bond acceptors (Lipinski definition) is 0. The molecule has 2 unspecified atom stereocenters. The first-order valence-electron chi connectivity index (χ1n) is 11.9. The van der Waals surface area contributed by atoms with E-state index in [9.17, 15) is 0 Å². The first-order chi connectivity index (χ1) is 14.6. The van der Waals surface area contributed by atoms with Crippen molar-refractivity contribution in [1.29, 1.82) is 0 Å². The molecule has 0 N–H and O–H groups in total. The lowest BCUT2D eigenvalue weighted by Crippen LogP contribution is -1.90. The summed E-state index contributed by atoms with van der Waals surface area (Å²) in [6.07, 6.45) is 17.3. The van der Waals surface area contributed by atoms with Gasteiger partial charge in [0.25, 0.3) is 0 Å². The topological polar surface area (TPSA) is 0 Å². The van der Waals surface area contributed by atoms with Crippen molar-refractivity contribution in [1.82, 2.24) is 0 Å². The summed E-state index contributed by atoms with van der Waals surface area (Å²) >= 11 is 0. The predicted octanol–water partition coefficient (Wildman–Crippen LogP) is 8.29. The van der Waals surface area contributed by atoms with Gasteiger partial charge in [0.1, 0.15) is 0 Å². The van der Waals surface area contributed by atoms with Gasteiger partial charge in [0, 0.05) is 0 Å². The van der Waals surface area contributed by atoms with Crippen LogP contribution >= 0.6 is 0 Å². The van der Waals surface area contributed by atoms with Gasteiger partial charge in [-0.05, 0) is 84.1 Å². The lowest BCUT2D eigenvalue weighted by molar-refractivity contribution is 0.691. The van der Waals surface area contributed by atoms with E-state index in [1.165, 1.54) is 59.9 Å². The molecule has 0 nitrogen and oxygen atoms in total. The molecule has 2 aromatic carbocycles. The van der Waals surface area contributed by atoms with Gasteiger partial charge < -0.3 is 0 Å². The molecule has 0 aliphatic heterocycles. The van der Waals surface area contributed by atoms with Gasteiger partial charge in [0.15, 0.2) is 0 Å². The zero-order valence-electron chi connectivity index (χ0n) is 18.9. The van der Waals surface area contributed by atoms with Crippen molar-refractivity contribution in [3.63, 3.8) is 0 Å². The summed E-state index contributed by atoms with van der Waals surface area (Å²) in [6.45, 7) is 6.74. The molecule has 0 heteroatoms. The van der Waals surface area contributed by atoms with E-state index >= 15 is 0 Å². The van der Waals surface area contributed by atoms with Crippen LogP contribution in [0.5, 0.6) is 0 Å². The number of rotatable bonds is 2. The summed E-state index contributed by atoms with van der Waals surface area (Å²) in [6, 6.07) is 17.3. The van der Waals surface area contributed by atoms with Crippen LogP contribution in [0, 0.1) is 17.8 Å². The Labute approximate surface area is 183 Å². The normalized spacial score (nSPS) is 21.9. The van der Waals surface area contributed by atoms with Crippen molar-refractivity contribution in [2.24, 2.45) is 17.8 Å². The summed E-state index contributed by atoms with van der Waals surface area (Å²) in [5.41, 5.74) is 8.94. The minimum atomic E-state index is 0.661. The van der Waals surface area contributed by atoms with E-state index in [0.29, 0.717) is 5.92 Å². The molecule has 0 heterocycles. The molecule has 2 bridgehead atoms. The number of allylic oxidation sites excluding steroid dienone is 5. The molecule has 1 fully saturated rings. The molecule has 2 aromatic rings. The Balaban J connectivity index is 0.000000112. The average Bonchev–Trinajstić information content (AvgIpc) is 3.57. The van der Waals surface area contributed by atoms with Crippen molar-refractivity contribution in [3.05, 3.63) is 94.6 Å². The number of fused-ring (bicyclic) bond motifs is 4. The van der Waals surface area contributed by atoms with Crippen LogP contribution in [0.4, 0.5) is 0 Å². The smallest absolute Gasteiger partial charge is 0.00579 e. The second kappa shape index (κ2) is 9.65. The number of hydrogen-bond donors (Lipinski definition) is 0. The average molecular weight is 397 g/mol. The van der Waals surface area contributed by atoms with Crippen LogP contribution in [0.3, 0.4) is 0 Å². The van der Waals surface area contributed by atoms with Crippen LogP contribution < -0.4 is 0 Å². The standard InChI is InChI=1S/C12H14.C11H12.C7H10/c1-9(2)11-8-7-10-5-3-4-6-12(10)11;1-2-9-7-10-5-3-4-6-11(10)8-9;1-2-7-4-3-6(1)5-7/h3-6,8-9H,7H2,1-2H3;3-7H,2,8H2,1H3;1-2,6-7H,3-5H2. The Hall–Kier alpha value is -2.34. The molecule has 4 aliphatic carbocycles. The van der Waals surface area contributed by atoms with Gasteiger partial charge in [-0.1, -0.05) is 99.2 Å². The van der Waals surface area contributed by atoms with E-state index in [1.807, 2.05) is 0 Å². The molecule has 2 atom stereocenters. The highest BCUT2D eigenvalue weighted by molar-refractivity contribution is 5.73. The van der Waals surface area contributed by atoms with E-state index in [4.69, 9.17) is 0 Å². The summed E-state index contributed by atoms with van der Waals surface area (Å²) in [5, 5.41) is 0. The van der Waals surface area contributed by atoms with Gasteiger partial charge in [-0.3, -0.25) is 0 Å². The van der Waals surface area contributed by atoms with Crippen molar-refractivity contribution < 1.29 is 0 Å². The molecule has 0 aromatic heterocycles. The summed E-state index contributed by atoms with van der Waals surface area (Å²) in [7, 11) is 0. The Bertz CT molecular complexity index is 942. The van der Waals surface area contributed by atoms with Crippen LogP contribution in [0.25, 0.3) is 11.6 Å². The van der Waals surface area contributed by atoms with Gasteiger partial charge in [-0.15, -0.1) is 0 Å². The van der Waals surface area contributed by atoms with E-state index in [0.717, 1.165) is 18.3 Å². The Morgan fingerprint density at radius 2 is 1.53 bits per heavy atom. The maximum atomic E-state index is 2.38. The second-order valence-electron chi connectivity index (χ2n) is 9.43. The van der Waals surface area contributed by atoms with Crippen LogP contribution in [0.1, 0.15) is 68.7 Å². The van der Waals surface area contributed by atoms with Crippen LogP contribution in [-0.4, -0.2) is 0 Å².